The largest absolute Gasteiger partial charge is 0.368 e. The molecule has 2 heterocycles. The zero-order chi connectivity index (χ0) is 12.4. The molecular formula is C10H15N5O2. The zero-order valence-electron chi connectivity index (χ0n) is 9.72. The molecular weight excluding hydrogens is 222 g/mol. The van der Waals surface area contributed by atoms with Crippen molar-refractivity contribution >= 4 is 17.5 Å². The van der Waals surface area contributed by atoms with Gasteiger partial charge in [0.05, 0.1) is 4.92 Å². The molecule has 1 aromatic heterocycles. The molecule has 0 atom stereocenters. The Hall–Kier alpha value is -1.92. The fraction of sp³-hybridized carbons (Fsp3) is 0.600. The van der Waals surface area contributed by atoms with E-state index in [1.165, 1.54) is 0 Å². The normalized spacial score (nSPS) is 15.9. The quantitative estimate of drug-likeness (QED) is 0.614. The van der Waals surface area contributed by atoms with E-state index in [0.717, 1.165) is 32.4 Å². The number of nitro groups is 1. The van der Waals surface area contributed by atoms with Gasteiger partial charge >= 0.3 is 5.69 Å². The van der Waals surface area contributed by atoms with Crippen molar-refractivity contribution in [1.29, 1.82) is 0 Å². The summed E-state index contributed by atoms with van der Waals surface area (Å²) in [6.45, 7) is 3.16. The highest BCUT2D eigenvalue weighted by atomic mass is 16.6. The van der Waals surface area contributed by atoms with Crippen LogP contribution in [0.25, 0.3) is 0 Å². The van der Waals surface area contributed by atoms with Crippen molar-refractivity contribution in [2.24, 2.45) is 0 Å². The Morgan fingerprint density at radius 2 is 1.94 bits per heavy atom. The topological polar surface area (TPSA) is 98.2 Å². The van der Waals surface area contributed by atoms with Crippen molar-refractivity contribution in [2.45, 2.75) is 26.2 Å². The molecule has 0 unspecified atom stereocenters. The van der Waals surface area contributed by atoms with E-state index in [1.54, 1.807) is 6.92 Å². The molecule has 1 aliphatic heterocycles. The molecule has 0 spiro atoms. The number of aromatic nitrogens is 2. The van der Waals surface area contributed by atoms with Crippen LogP contribution in [0.2, 0.25) is 0 Å². The van der Waals surface area contributed by atoms with Gasteiger partial charge in [-0.15, -0.1) is 0 Å². The van der Waals surface area contributed by atoms with E-state index in [2.05, 4.69) is 9.97 Å². The molecule has 92 valence electrons. The number of nitrogen functional groups attached to an aromatic ring is 1. The third-order valence-corrected chi connectivity index (χ3v) is 2.90. The summed E-state index contributed by atoms with van der Waals surface area (Å²) in [5, 5.41) is 11.1. The predicted octanol–water partition coefficient (Wildman–Crippen LogP) is 1.27. The van der Waals surface area contributed by atoms with Crippen LogP contribution in [0.15, 0.2) is 0 Å². The Labute approximate surface area is 98.8 Å². The van der Waals surface area contributed by atoms with E-state index < -0.39 is 4.92 Å². The summed E-state index contributed by atoms with van der Waals surface area (Å²) in [6.07, 6.45) is 3.21. The molecule has 0 aliphatic carbocycles. The van der Waals surface area contributed by atoms with Crippen molar-refractivity contribution in [3.8, 4) is 0 Å². The summed E-state index contributed by atoms with van der Waals surface area (Å²) in [7, 11) is 0. The van der Waals surface area contributed by atoms with E-state index in [-0.39, 0.29) is 11.6 Å². The summed E-state index contributed by atoms with van der Waals surface area (Å²) < 4.78 is 0. The number of piperidine rings is 1. The molecule has 0 bridgehead atoms. The summed E-state index contributed by atoms with van der Waals surface area (Å²) in [6, 6.07) is 0. The lowest BCUT2D eigenvalue weighted by Crippen LogP contribution is -2.31. The molecule has 0 saturated carbocycles. The number of hydrogen-bond donors (Lipinski definition) is 1. The molecule has 1 aliphatic rings. The van der Waals surface area contributed by atoms with Crippen LogP contribution in [0.4, 0.5) is 17.5 Å². The van der Waals surface area contributed by atoms with Crippen molar-refractivity contribution in [3.05, 3.63) is 15.8 Å². The number of nitrogens with two attached hydrogens (primary N) is 1. The van der Waals surface area contributed by atoms with Gasteiger partial charge in [0.2, 0.25) is 11.8 Å². The van der Waals surface area contributed by atoms with Crippen LogP contribution in [0.5, 0.6) is 0 Å². The second kappa shape index (κ2) is 4.52. The fourth-order valence-corrected chi connectivity index (χ4v) is 2.11. The van der Waals surface area contributed by atoms with E-state index in [4.69, 9.17) is 5.73 Å². The molecule has 1 aromatic rings. The monoisotopic (exact) mass is 237 g/mol. The highest BCUT2D eigenvalue weighted by Crippen LogP contribution is 2.30. The van der Waals surface area contributed by atoms with Crippen LogP contribution in [-0.4, -0.2) is 28.0 Å². The van der Waals surface area contributed by atoms with Gasteiger partial charge in [-0.1, -0.05) is 0 Å². The minimum atomic E-state index is -0.432. The van der Waals surface area contributed by atoms with Crippen LogP contribution >= 0.6 is 0 Å². The zero-order valence-corrected chi connectivity index (χ0v) is 9.72. The van der Waals surface area contributed by atoms with Crippen LogP contribution in [0.3, 0.4) is 0 Å². The van der Waals surface area contributed by atoms with Crippen LogP contribution < -0.4 is 10.6 Å². The fourth-order valence-electron chi connectivity index (χ4n) is 2.11. The van der Waals surface area contributed by atoms with Gasteiger partial charge in [-0.3, -0.25) is 10.1 Å². The first-order valence-electron chi connectivity index (χ1n) is 5.63. The molecule has 0 aromatic carbocycles. The first-order valence-corrected chi connectivity index (χ1v) is 5.63. The van der Waals surface area contributed by atoms with E-state index in [1.807, 2.05) is 4.90 Å². The maximum Gasteiger partial charge on any atom is 0.332 e. The Bertz CT molecular complexity index is 443. The van der Waals surface area contributed by atoms with E-state index in [9.17, 15) is 10.1 Å². The third kappa shape index (κ3) is 2.27. The number of rotatable bonds is 2. The second-order valence-corrected chi connectivity index (χ2v) is 4.14. The van der Waals surface area contributed by atoms with Crippen molar-refractivity contribution in [3.63, 3.8) is 0 Å². The van der Waals surface area contributed by atoms with Gasteiger partial charge in [-0.25, -0.2) is 4.98 Å². The lowest BCUT2D eigenvalue weighted by atomic mass is 10.1. The molecule has 0 radical (unpaired) electrons. The van der Waals surface area contributed by atoms with Gasteiger partial charge < -0.3 is 10.6 Å². The van der Waals surface area contributed by atoms with Crippen molar-refractivity contribution in [1.82, 2.24) is 9.97 Å². The summed E-state index contributed by atoms with van der Waals surface area (Å²) in [5.41, 5.74) is 5.86. The Balaban J connectivity index is 2.46. The van der Waals surface area contributed by atoms with Gasteiger partial charge in [-0.2, -0.15) is 4.98 Å². The summed E-state index contributed by atoms with van der Waals surface area (Å²) >= 11 is 0. The Morgan fingerprint density at radius 1 is 1.29 bits per heavy atom. The third-order valence-electron chi connectivity index (χ3n) is 2.90. The maximum absolute atomic E-state index is 11.1. The number of aryl methyl sites for hydroxylation is 1. The highest BCUT2D eigenvalue weighted by Gasteiger charge is 2.26. The minimum Gasteiger partial charge on any atom is -0.368 e. The van der Waals surface area contributed by atoms with Gasteiger partial charge in [0.15, 0.2) is 0 Å². The lowest BCUT2D eigenvalue weighted by molar-refractivity contribution is -0.385. The van der Waals surface area contributed by atoms with Gasteiger partial charge in [-0.05, 0) is 26.2 Å². The number of anilines is 2. The predicted molar refractivity (Wildman–Crippen MR) is 63.9 cm³/mol. The molecule has 7 nitrogen and oxygen atoms in total. The average molecular weight is 237 g/mol. The molecule has 1 fully saturated rings. The minimum absolute atomic E-state index is 0.0268. The van der Waals surface area contributed by atoms with Gasteiger partial charge in [0.25, 0.3) is 0 Å². The summed E-state index contributed by atoms with van der Waals surface area (Å²) in [4.78, 5) is 20.4. The number of nitrogens with zero attached hydrogens (tertiary/aromatic N) is 4. The standard InChI is InChI=1S/C10H15N5O2/c1-7-8(15(16)17)9(13-10(11)12-7)14-5-3-2-4-6-14/h2-6H2,1H3,(H2,11,12,13). The SMILES string of the molecule is Cc1nc(N)nc(N2CCCCC2)c1[N+](=O)[O-]. The first-order chi connectivity index (χ1) is 8.09. The maximum atomic E-state index is 11.1. The van der Waals surface area contributed by atoms with E-state index >= 15 is 0 Å². The molecule has 2 rings (SSSR count). The Kier molecular flexibility index (Phi) is 3.08. The van der Waals surface area contributed by atoms with Crippen LogP contribution in [0, 0.1) is 17.0 Å². The van der Waals surface area contributed by atoms with Gasteiger partial charge in [0.1, 0.15) is 5.69 Å². The summed E-state index contributed by atoms with van der Waals surface area (Å²) in [5.74, 6) is 0.452. The van der Waals surface area contributed by atoms with Crippen LogP contribution in [-0.2, 0) is 0 Å². The smallest absolute Gasteiger partial charge is 0.332 e. The molecule has 2 N–H and O–H groups in total. The number of hydrogen-bond acceptors (Lipinski definition) is 6. The molecule has 7 heteroatoms. The second-order valence-electron chi connectivity index (χ2n) is 4.14. The van der Waals surface area contributed by atoms with Gasteiger partial charge in [0, 0.05) is 13.1 Å². The molecule has 1 saturated heterocycles. The van der Waals surface area contributed by atoms with Crippen molar-refractivity contribution < 1.29 is 4.92 Å². The van der Waals surface area contributed by atoms with Crippen LogP contribution in [0.1, 0.15) is 25.0 Å². The average Bonchev–Trinajstić information content (AvgIpc) is 2.28. The Morgan fingerprint density at radius 3 is 2.53 bits per heavy atom. The first kappa shape index (κ1) is 11.6. The molecule has 17 heavy (non-hydrogen) atoms. The highest BCUT2D eigenvalue weighted by molar-refractivity contribution is 5.62. The van der Waals surface area contributed by atoms with Crippen molar-refractivity contribution in [2.75, 3.05) is 23.7 Å². The van der Waals surface area contributed by atoms with E-state index in [0.29, 0.717) is 11.5 Å². The molecule has 0 amide bonds. The lowest BCUT2D eigenvalue weighted by Gasteiger charge is -2.27.